The maximum atomic E-state index is 5.03. The molecule has 0 aromatic carbocycles. The van der Waals surface area contributed by atoms with Gasteiger partial charge in [0.15, 0.2) is 0 Å². The maximum absolute atomic E-state index is 5.03. The quantitative estimate of drug-likeness (QED) is 0.581. The minimum absolute atomic E-state index is 0.819. The van der Waals surface area contributed by atoms with E-state index in [0.29, 0.717) is 0 Å². The van der Waals surface area contributed by atoms with E-state index in [1.165, 1.54) is 6.42 Å². The zero-order valence-electron chi connectivity index (χ0n) is 6.69. The van der Waals surface area contributed by atoms with Crippen LogP contribution in [0, 0.1) is 0 Å². The van der Waals surface area contributed by atoms with Crippen LogP contribution in [0.4, 0.5) is 0 Å². The molecule has 0 atom stereocenters. The van der Waals surface area contributed by atoms with Crippen molar-refractivity contribution in [2.75, 3.05) is 6.54 Å². The minimum atomic E-state index is 0.819. The maximum Gasteiger partial charge on any atom is -0.00799 e. The van der Waals surface area contributed by atoms with Crippen LogP contribution in [-0.2, 0) is 0 Å². The first-order chi connectivity index (χ1) is 4.33. The lowest BCUT2D eigenvalue weighted by Gasteiger charge is -1.72. The van der Waals surface area contributed by atoms with Crippen molar-refractivity contribution in [1.82, 2.24) is 0 Å². The van der Waals surface area contributed by atoms with E-state index in [0.717, 1.165) is 19.4 Å². The van der Waals surface area contributed by atoms with E-state index in [1.54, 1.807) is 0 Å². The molecule has 0 fully saturated rings. The molecular weight excluding hydrogens is 110 g/mol. The van der Waals surface area contributed by atoms with Crippen LogP contribution in [0.5, 0.6) is 0 Å². The lowest BCUT2D eigenvalue weighted by atomic mass is 10.3. The predicted molar refractivity (Wildman–Crippen MR) is 44.5 cm³/mol. The van der Waals surface area contributed by atoms with Gasteiger partial charge in [0, 0.05) is 0 Å². The number of unbranched alkanes of at least 4 members (excludes halogenated alkanes) is 1. The SMILES string of the molecule is C=CCCC.CCCN. The van der Waals surface area contributed by atoms with Gasteiger partial charge in [-0.25, -0.2) is 0 Å². The topological polar surface area (TPSA) is 26.0 Å². The smallest absolute Gasteiger partial charge is 0.00799 e. The Labute approximate surface area is 58.9 Å². The van der Waals surface area contributed by atoms with Crippen LogP contribution < -0.4 is 5.73 Å². The Bertz CT molecular complexity index is 39.8. The van der Waals surface area contributed by atoms with E-state index in [4.69, 9.17) is 5.73 Å². The van der Waals surface area contributed by atoms with Crippen LogP contribution in [0.25, 0.3) is 0 Å². The zero-order valence-corrected chi connectivity index (χ0v) is 6.69. The van der Waals surface area contributed by atoms with Gasteiger partial charge < -0.3 is 5.73 Å². The molecule has 2 N–H and O–H groups in total. The number of rotatable bonds is 3. The first-order valence-corrected chi connectivity index (χ1v) is 3.64. The molecule has 0 radical (unpaired) electrons. The van der Waals surface area contributed by atoms with Crippen LogP contribution in [0.3, 0.4) is 0 Å². The van der Waals surface area contributed by atoms with Gasteiger partial charge >= 0.3 is 0 Å². The van der Waals surface area contributed by atoms with Crippen molar-refractivity contribution < 1.29 is 0 Å². The summed E-state index contributed by atoms with van der Waals surface area (Å²) in [6, 6.07) is 0. The molecule has 56 valence electrons. The first kappa shape index (κ1) is 11.5. The number of allylic oxidation sites excluding steroid dienone is 1. The van der Waals surface area contributed by atoms with Crippen LogP contribution >= 0.6 is 0 Å². The number of hydrogen-bond donors (Lipinski definition) is 1. The molecule has 0 saturated carbocycles. The second-order valence-electron chi connectivity index (χ2n) is 1.87. The Kier molecular flexibility index (Phi) is 20.0. The summed E-state index contributed by atoms with van der Waals surface area (Å²) in [6.45, 7) is 8.57. The molecule has 0 spiro atoms. The molecule has 0 saturated heterocycles. The summed E-state index contributed by atoms with van der Waals surface area (Å²) in [5.41, 5.74) is 5.03. The molecule has 0 aliphatic heterocycles. The summed E-state index contributed by atoms with van der Waals surface area (Å²) in [5, 5.41) is 0. The minimum Gasteiger partial charge on any atom is -0.330 e. The third kappa shape index (κ3) is 34.3. The van der Waals surface area contributed by atoms with E-state index in [9.17, 15) is 0 Å². The van der Waals surface area contributed by atoms with Gasteiger partial charge in [-0.3, -0.25) is 0 Å². The molecule has 0 aliphatic carbocycles. The fraction of sp³-hybridized carbons (Fsp3) is 0.750. The van der Waals surface area contributed by atoms with Crippen LogP contribution in [0.2, 0.25) is 0 Å². The Hall–Kier alpha value is -0.300. The van der Waals surface area contributed by atoms with Crippen molar-refractivity contribution >= 4 is 0 Å². The Morgan fingerprint density at radius 3 is 1.78 bits per heavy atom. The molecule has 0 amide bonds. The van der Waals surface area contributed by atoms with E-state index in [2.05, 4.69) is 20.4 Å². The van der Waals surface area contributed by atoms with Crippen molar-refractivity contribution in [3.05, 3.63) is 12.7 Å². The Balaban J connectivity index is 0. The van der Waals surface area contributed by atoms with Gasteiger partial charge in [0.2, 0.25) is 0 Å². The highest BCUT2D eigenvalue weighted by molar-refractivity contribution is 4.63. The molecule has 0 aliphatic rings. The summed E-state index contributed by atoms with van der Waals surface area (Å²) in [4.78, 5) is 0. The van der Waals surface area contributed by atoms with E-state index >= 15 is 0 Å². The molecule has 1 nitrogen and oxygen atoms in total. The Morgan fingerprint density at radius 1 is 1.33 bits per heavy atom. The van der Waals surface area contributed by atoms with Crippen molar-refractivity contribution in [3.63, 3.8) is 0 Å². The monoisotopic (exact) mass is 129 g/mol. The summed E-state index contributed by atoms with van der Waals surface area (Å²) >= 11 is 0. The van der Waals surface area contributed by atoms with Gasteiger partial charge in [0.1, 0.15) is 0 Å². The first-order valence-electron chi connectivity index (χ1n) is 3.64. The summed E-state index contributed by atoms with van der Waals surface area (Å²) in [5.74, 6) is 0. The van der Waals surface area contributed by atoms with Crippen LogP contribution in [-0.4, -0.2) is 6.54 Å². The molecular formula is C8H19N. The summed E-state index contributed by atoms with van der Waals surface area (Å²) in [6.07, 6.45) is 5.41. The molecule has 0 aromatic heterocycles. The zero-order chi connectivity index (χ0) is 7.54. The molecule has 0 unspecified atom stereocenters. The van der Waals surface area contributed by atoms with E-state index in [-0.39, 0.29) is 0 Å². The van der Waals surface area contributed by atoms with Gasteiger partial charge in [-0.05, 0) is 19.4 Å². The largest absolute Gasteiger partial charge is 0.330 e. The highest BCUT2D eigenvalue weighted by Gasteiger charge is 1.61. The summed E-state index contributed by atoms with van der Waals surface area (Å²) in [7, 11) is 0. The van der Waals surface area contributed by atoms with Crippen molar-refractivity contribution in [2.24, 2.45) is 5.73 Å². The van der Waals surface area contributed by atoms with Gasteiger partial charge in [-0.2, -0.15) is 0 Å². The Morgan fingerprint density at radius 2 is 1.78 bits per heavy atom. The fourth-order valence-corrected chi connectivity index (χ4v) is 0.204. The highest BCUT2D eigenvalue weighted by Crippen LogP contribution is 1.82. The predicted octanol–water partition coefficient (Wildman–Crippen LogP) is 2.33. The third-order valence-corrected chi connectivity index (χ3v) is 0.781. The van der Waals surface area contributed by atoms with Gasteiger partial charge in [0.05, 0.1) is 0 Å². The molecule has 9 heavy (non-hydrogen) atoms. The van der Waals surface area contributed by atoms with Gasteiger partial charge in [0.25, 0.3) is 0 Å². The van der Waals surface area contributed by atoms with Crippen LogP contribution in [0.15, 0.2) is 12.7 Å². The fourth-order valence-electron chi connectivity index (χ4n) is 0.204. The van der Waals surface area contributed by atoms with E-state index < -0.39 is 0 Å². The molecule has 0 heterocycles. The lowest BCUT2D eigenvalue weighted by Crippen LogP contribution is -1.93. The summed E-state index contributed by atoms with van der Waals surface area (Å²) < 4.78 is 0. The number of nitrogens with two attached hydrogens (primary N) is 1. The average Bonchev–Trinajstić information content (AvgIpc) is 1.91. The molecule has 0 bridgehead atoms. The lowest BCUT2D eigenvalue weighted by molar-refractivity contribution is 0.932. The van der Waals surface area contributed by atoms with E-state index in [1.807, 2.05) is 6.08 Å². The normalized spacial score (nSPS) is 7.44. The molecule has 1 heteroatoms. The van der Waals surface area contributed by atoms with Gasteiger partial charge in [-0.15, -0.1) is 6.58 Å². The van der Waals surface area contributed by atoms with Crippen molar-refractivity contribution in [1.29, 1.82) is 0 Å². The van der Waals surface area contributed by atoms with Crippen molar-refractivity contribution in [2.45, 2.75) is 33.1 Å². The van der Waals surface area contributed by atoms with Gasteiger partial charge in [-0.1, -0.05) is 26.3 Å². The standard InChI is InChI=1S/C5H10.C3H9N/c1-3-5-4-2;1-2-3-4/h3H,1,4-5H2,2H3;2-4H2,1H3. The average molecular weight is 129 g/mol. The van der Waals surface area contributed by atoms with Crippen LogP contribution in [0.1, 0.15) is 33.1 Å². The second-order valence-corrected chi connectivity index (χ2v) is 1.87. The highest BCUT2D eigenvalue weighted by atomic mass is 14.5. The number of hydrogen-bond acceptors (Lipinski definition) is 1. The second kappa shape index (κ2) is 15.6. The third-order valence-electron chi connectivity index (χ3n) is 0.781. The van der Waals surface area contributed by atoms with Crippen molar-refractivity contribution in [3.8, 4) is 0 Å². The molecule has 0 aromatic rings. The molecule has 0 rings (SSSR count).